The number of H-pyrrole nitrogens is 1. The van der Waals surface area contributed by atoms with Gasteiger partial charge in [0, 0.05) is 6.42 Å². The predicted octanol–water partition coefficient (Wildman–Crippen LogP) is 4.02. The molecule has 0 unspecified atom stereocenters. The lowest BCUT2D eigenvalue weighted by molar-refractivity contribution is -0.675. The van der Waals surface area contributed by atoms with Gasteiger partial charge in [0.25, 0.3) is 5.65 Å². The number of benzene rings is 2. The predicted molar refractivity (Wildman–Crippen MR) is 122 cm³/mol. The van der Waals surface area contributed by atoms with Crippen molar-refractivity contribution in [1.82, 2.24) is 15.0 Å². The molecule has 0 radical (unpaired) electrons. The van der Waals surface area contributed by atoms with E-state index in [4.69, 9.17) is 20.2 Å². The van der Waals surface area contributed by atoms with E-state index in [1.807, 2.05) is 54.8 Å². The van der Waals surface area contributed by atoms with E-state index >= 15 is 0 Å². The van der Waals surface area contributed by atoms with Crippen LogP contribution in [-0.2, 0) is 13.0 Å². The summed E-state index contributed by atoms with van der Waals surface area (Å²) in [6.45, 7) is 5.87. The molecule has 0 amide bonds. The highest BCUT2D eigenvalue weighted by atomic mass is 32.2. The van der Waals surface area contributed by atoms with Gasteiger partial charge >= 0.3 is 0 Å². The van der Waals surface area contributed by atoms with Crippen LogP contribution >= 0.6 is 11.8 Å². The normalized spacial score (nSPS) is 11.0. The zero-order valence-electron chi connectivity index (χ0n) is 17.7. The van der Waals surface area contributed by atoms with E-state index in [0.29, 0.717) is 19.0 Å². The highest BCUT2D eigenvalue weighted by Crippen LogP contribution is 2.37. The zero-order chi connectivity index (χ0) is 21.6. The van der Waals surface area contributed by atoms with E-state index < -0.39 is 0 Å². The van der Waals surface area contributed by atoms with Crippen molar-refractivity contribution in [2.75, 3.05) is 18.9 Å². The minimum atomic E-state index is 0.429. The summed E-state index contributed by atoms with van der Waals surface area (Å²) in [7, 11) is 0. The summed E-state index contributed by atoms with van der Waals surface area (Å²) in [5, 5.41) is 0.720. The first-order chi connectivity index (χ1) is 15.2. The Bertz CT molecular complexity index is 1160. The molecule has 0 bridgehead atoms. The van der Waals surface area contributed by atoms with E-state index in [2.05, 4.69) is 22.1 Å². The van der Waals surface area contributed by atoms with E-state index in [-0.39, 0.29) is 0 Å². The first-order valence-electron chi connectivity index (χ1n) is 10.3. The van der Waals surface area contributed by atoms with Gasteiger partial charge in [-0.1, -0.05) is 40.3 Å². The number of ether oxygens (including phenoxy) is 2. The molecule has 160 valence electrons. The smallest absolute Gasteiger partial charge is 0.294 e. The lowest BCUT2D eigenvalue weighted by atomic mass is 10.1. The van der Waals surface area contributed by atoms with Crippen LogP contribution in [0.5, 0.6) is 11.5 Å². The van der Waals surface area contributed by atoms with Crippen LogP contribution in [-0.4, -0.2) is 28.2 Å². The standard InChI is InChI=1S/C23H25N5O2S/c1-3-29-17-10-11-18(30-4-2)19(14-17)31-23-26-20-21(24)25-15-28(22(20)27-23)13-12-16-8-6-5-7-9-16/h5-11,14-15H,3-4,12-13H2,1-2H3,(H2,24,26,27)/p+1. The molecule has 4 rings (SSSR count). The van der Waals surface area contributed by atoms with Crippen molar-refractivity contribution >= 4 is 28.7 Å². The maximum absolute atomic E-state index is 6.13. The van der Waals surface area contributed by atoms with Crippen LogP contribution in [0.15, 0.2) is 64.9 Å². The van der Waals surface area contributed by atoms with E-state index in [1.54, 1.807) is 6.33 Å². The molecule has 0 saturated heterocycles. The summed E-state index contributed by atoms with van der Waals surface area (Å²) in [5.41, 5.74) is 8.91. The van der Waals surface area contributed by atoms with Gasteiger partial charge in [0.15, 0.2) is 5.52 Å². The minimum Gasteiger partial charge on any atom is -0.494 e. The molecule has 2 aromatic heterocycles. The monoisotopic (exact) mass is 436 g/mol. The van der Waals surface area contributed by atoms with Crippen molar-refractivity contribution in [2.45, 2.75) is 36.9 Å². The van der Waals surface area contributed by atoms with Crippen LogP contribution in [0.2, 0.25) is 0 Å². The lowest BCUT2D eigenvalue weighted by Gasteiger charge is -2.10. The van der Waals surface area contributed by atoms with Gasteiger partial charge in [-0.25, -0.2) is 4.57 Å². The third-order valence-corrected chi connectivity index (χ3v) is 5.67. The van der Waals surface area contributed by atoms with Gasteiger partial charge in [-0.15, -0.1) is 0 Å². The highest BCUT2D eigenvalue weighted by Gasteiger charge is 2.20. The van der Waals surface area contributed by atoms with Gasteiger partial charge in [0.05, 0.1) is 24.7 Å². The summed E-state index contributed by atoms with van der Waals surface area (Å²) >= 11 is 1.48. The van der Waals surface area contributed by atoms with Crippen LogP contribution in [0.4, 0.5) is 5.82 Å². The highest BCUT2D eigenvalue weighted by molar-refractivity contribution is 7.99. The molecule has 0 atom stereocenters. The average Bonchev–Trinajstić information content (AvgIpc) is 3.21. The van der Waals surface area contributed by atoms with Crippen LogP contribution in [0.3, 0.4) is 0 Å². The number of hydrogen-bond acceptors (Lipinski definition) is 6. The lowest BCUT2D eigenvalue weighted by Crippen LogP contribution is -2.36. The molecule has 0 spiro atoms. The summed E-state index contributed by atoms with van der Waals surface area (Å²) in [4.78, 5) is 13.4. The Morgan fingerprint density at radius 2 is 1.87 bits per heavy atom. The van der Waals surface area contributed by atoms with Crippen molar-refractivity contribution in [1.29, 1.82) is 0 Å². The number of hydrogen-bond donors (Lipinski definition) is 2. The topological polar surface area (TPSA) is 89.9 Å². The number of aryl methyl sites for hydroxylation is 2. The minimum absolute atomic E-state index is 0.429. The Hall–Kier alpha value is -3.26. The van der Waals surface area contributed by atoms with Crippen LogP contribution in [0.1, 0.15) is 19.4 Å². The molecule has 0 aliphatic heterocycles. The molecule has 7 nitrogen and oxygen atoms in total. The number of fused-ring (bicyclic) bond motifs is 1. The SMILES string of the molecule is CCOc1ccc(OCC)c(Sc2nc3c([nH]2)c(N)nc[n+]3CCc2ccccc2)c1. The van der Waals surface area contributed by atoms with Crippen molar-refractivity contribution in [3.8, 4) is 11.5 Å². The van der Waals surface area contributed by atoms with Crippen molar-refractivity contribution in [3.05, 3.63) is 60.4 Å². The molecule has 8 heteroatoms. The van der Waals surface area contributed by atoms with Gasteiger partial charge in [-0.2, -0.15) is 0 Å². The number of rotatable bonds is 9. The second-order valence-corrected chi connectivity index (χ2v) is 7.91. The van der Waals surface area contributed by atoms with Gasteiger partial charge in [0.1, 0.15) is 11.5 Å². The molecule has 4 aromatic rings. The van der Waals surface area contributed by atoms with E-state index in [9.17, 15) is 0 Å². The first-order valence-corrected chi connectivity index (χ1v) is 11.1. The molecule has 3 N–H and O–H groups in total. The van der Waals surface area contributed by atoms with Gasteiger partial charge in [-0.3, -0.25) is 0 Å². The summed E-state index contributed by atoms with van der Waals surface area (Å²) < 4.78 is 13.5. The first kappa shape index (κ1) is 21.0. The van der Waals surface area contributed by atoms with Crippen LogP contribution < -0.4 is 19.8 Å². The van der Waals surface area contributed by atoms with Crippen molar-refractivity contribution in [2.24, 2.45) is 0 Å². The van der Waals surface area contributed by atoms with Gasteiger partial charge in [0.2, 0.25) is 17.3 Å². The Morgan fingerprint density at radius 3 is 2.65 bits per heavy atom. The fraction of sp³-hybridized carbons (Fsp3) is 0.261. The molecule has 0 aliphatic rings. The van der Waals surface area contributed by atoms with Crippen molar-refractivity contribution in [3.63, 3.8) is 0 Å². The molecular formula is C23H26N5O2S+. The molecule has 31 heavy (non-hydrogen) atoms. The third kappa shape index (κ3) is 4.91. The number of aromatic amines is 1. The summed E-state index contributed by atoms with van der Waals surface area (Å²) in [6, 6.07) is 16.2. The second kappa shape index (κ2) is 9.70. The Labute approximate surface area is 185 Å². The van der Waals surface area contributed by atoms with Gasteiger partial charge in [-0.05, 0) is 49.4 Å². The average molecular weight is 437 g/mol. The number of nitrogens with one attached hydrogen (secondary N) is 1. The fourth-order valence-corrected chi connectivity index (χ4v) is 4.19. The number of nitrogens with zero attached hydrogens (tertiary/aromatic N) is 3. The molecule has 2 heterocycles. The second-order valence-electron chi connectivity index (χ2n) is 6.88. The maximum atomic E-state index is 6.13. The number of nitrogen functional groups attached to an aromatic ring is 1. The summed E-state index contributed by atoms with van der Waals surface area (Å²) in [5.74, 6) is 2.02. The molecular weight excluding hydrogens is 410 g/mol. The number of aromatic nitrogens is 4. The molecule has 2 aromatic carbocycles. The van der Waals surface area contributed by atoms with E-state index in [0.717, 1.165) is 45.7 Å². The fourth-order valence-electron chi connectivity index (χ4n) is 3.29. The number of anilines is 1. The zero-order valence-corrected chi connectivity index (χ0v) is 18.5. The maximum Gasteiger partial charge on any atom is 0.294 e. The molecule has 0 saturated carbocycles. The Morgan fingerprint density at radius 1 is 1.06 bits per heavy atom. The third-order valence-electron chi connectivity index (χ3n) is 4.74. The largest absolute Gasteiger partial charge is 0.494 e. The van der Waals surface area contributed by atoms with Crippen molar-refractivity contribution < 1.29 is 14.0 Å². The quantitative estimate of drug-likeness (QED) is 0.385. The molecule has 0 fully saturated rings. The van der Waals surface area contributed by atoms with Gasteiger partial charge < -0.3 is 20.2 Å². The van der Waals surface area contributed by atoms with Crippen LogP contribution in [0, 0.1) is 0 Å². The Kier molecular flexibility index (Phi) is 6.57. The summed E-state index contributed by atoms with van der Waals surface area (Å²) in [6.07, 6.45) is 2.63. The Balaban J connectivity index is 1.63. The molecule has 0 aliphatic carbocycles. The van der Waals surface area contributed by atoms with E-state index in [1.165, 1.54) is 17.3 Å². The number of imidazole rings is 1. The number of nitrogens with two attached hydrogens (primary N) is 1. The van der Waals surface area contributed by atoms with Crippen LogP contribution in [0.25, 0.3) is 11.2 Å².